The number of carbonyl (C=O) groups excluding carboxylic acids is 1. The number of Topliss-reactive ketones (excluding diaryl/α,β-unsaturated/α-hetero) is 1. The van der Waals surface area contributed by atoms with E-state index < -0.39 is 0 Å². The van der Waals surface area contributed by atoms with Crippen LogP contribution in [0.15, 0.2) is 0 Å². The van der Waals surface area contributed by atoms with Crippen LogP contribution in [-0.4, -0.2) is 5.78 Å². The number of carbonyl (C=O) groups is 1. The Kier molecular flexibility index (Phi) is 1.59. The number of hydrogen-bond acceptors (Lipinski definition) is 1. The minimum Gasteiger partial charge on any atom is -0.299 e. The smallest absolute Gasteiger partial charge is 0.136 e. The van der Waals surface area contributed by atoms with Gasteiger partial charge >= 0.3 is 0 Å². The van der Waals surface area contributed by atoms with Crippen molar-refractivity contribution >= 4 is 5.78 Å². The molecule has 0 amide bonds. The van der Waals surface area contributed by atoms with Crippen LogP contribution in [0, 0.1) is 17.3 Å². The molecule has 1 spiro atoms. The van der Waals surface area contributed by atoms with E-state index in [1.54, 1.807) is 0 Å². The first-order valence-corrected chi connectivity index (χ1v) is 5.86. The molecule has 1 heteroatoms. The van der Waals surface area contributed by atoms with E-state index in [4.69, 9.17) is 0 Å². The summed E-state index contributed by atoms with van der Waals surface area (Å²) in [7, 11) is 0. The van der Waals surface area contributed by atoms with Gasteiger partial charge in [0.15, 0.2) is 0 Å². The summed E-state index contributed by atoms with van der Waals surface area (Å²) < 4.78 is 0. The molecule has 3 aliphatic carbocycles. The third-order valence-electron chi connectivity index (χ3n) is 4.96. The van der Waals surface area contributed by atoms with E-state index in [0.29, 0.717) is 17.1 Å². The molecule has 3 saturated carbocycles. The fourth-order valence-corrected chi connectivity index (χ4v) is 4.47. The summed E-state index contributed by atoms with van der Waals surface area (Å²) in [5.74, 6) is 2.03. The van der Waals surface area contributed by atoms with Gasteiger partial charge in [0.05, 0.1) is 0 Å². The summed E-state index contributed by atoms with van der Waals surface area (Å²) in [6.07, 6.45) is 10.2. The van der Waals surface area contributed by atoms with Crippen molar-refractivity contribution in [2.75, 3.05) is 0 Å². The first kappa shape index (κ1) is 8.02. The van der Waals surface area contributed by atoms with Gasteiger partial charge in [0.1, 0.15) is 5.78 Å². The van der Waals surface area contributed by atoms with Gasteiger partial charge in [0, 0.05) is 12.3 Å². The highest BCUT2D eigenvalue weighted by Gasteiger charge is 2.55. The van der Waals surface area contributed by atoms with Crippen molar-refractivity contribution in [1.82, 2.24) is 0 Å². The second kappa shape index (κ2) is 2.59. The number of ketones is 1. The summed E-state index contributed by atoms with van der Waals surface area (Å²) in [4.78, 5) is 11.8. The van der Waals surface area contributed by atoms with E-state index in [-0.39, 0.29) is 0 Å². The molecule has 0 heterocycles. The SMILES string of the molecule is O=C1CCCC23CCCC2CCC13. The van der Waals surface area contributed by atoms with E-state index in [1.807, 2.05) is 0 Å². The van der Waals surface area contributed by atoms with E-state index in [0.717, 1.165) is 12.3 Å². The van der Waals surface area contributed by atoms with E-state index in [2.05, 4.69) is 0 Å². The maximum Gasteiger partial charge on any atom is 0.136 e. The van der Waals surface area contributed by atoms with Crippen LogP contribution in [-0.2, 0) is 4.79 Å². The van der Waals surface area contributed by atoms with Gasteiger partial charge in [-0.1, -0.05) is 6.42 Å². The van der Waals surface area contributed by atoms with Gasteiger partial charge < -0.3 is 0 Å². The minimum absolute atomic E-state index is 0.494. The molecule has 0 bridgehead atoms. The predicted octanol–water partition coefficient (Wildman–Crippen LogP) is 2.94. The molecule has 3 rings (SSSR count). The molecule has 0 aromatic rings. The lowest BCUT2D eigenvalue weighted by atomic mass is 9.65. The van der Waals surface area contributed by atoms with Gasteiger partial charge in [0.2, 0.25) is 0 Å². The third kappa shape index (κ3) is 0.908. The highest BCUT2D eigenvalue weighted by molar-refractivity contribution is 5.83. The molecule has 0 radical (unpaired) electrons. The van der Waals surface area contributed by atoms with Crippen molar-refractivity contribution < 1.29 is 4.79 Å². The van der Waals surface area contributed by atoms with Crippen molar-refractivity contribution in [3.8, 4) is 0 Å². The maximum absolute atomic E-state index is 11.8. The number of hydrogen-bond donors (Lipinski definition) is 0. The normalized spacial score (nSPS) is 49.1. The molecule has 3 aliphatic rings. The lowest BCUT2D eigenvalue weighted by molar-refractivity contribution is -0.129. The molecule has 1 nitrogen and oxygen atoms in total. The quantitative estimate of drug-likeness (QED) is 0.557. The summed E-state index contributed by atoms with van der Waals surface area (Å²) >= 11 is 0. The Balaban J connectivity index is 1.97. The average Bonchev–Trinajstić information content (AvgIpc) is 2.60. The molecule has 0 aromatic carbocycles. The van der Waals surface area contributed by atoms with Crippen molar-refractivity contribution in [2.45, 2.75) is 51.4 Å². The molecule has 0 N–H and O–H groups in total. The number of rotatable bonds is 0. The molecule has 3 fully saturated rings. The van der Waals surface area contributed by atoms with Crippen LogP contribution in [0.4, 0.5) is 0 Å². The van der Waals surface area contributed by atoms with Crippen LogP contribution >= 0.6 is 0 Å². The molecule has 0 saturated heterocycles. The topological polar surface area (TPSA) is 17.1 Å². The molecular formula is C12H18O. The fourth-order valence-electron chi connectivity index (χ4n) is 4.47. The molecule has 3 atom stereocenters. The fraction of sp³-hybridized carbons (Fsp3) is 0.917. The third-order valence-corrected chi connectivity index (χ3v) is 4.96. The van der Waals surface area contributed by atoms with Crippen molar-refractivity contribution in [3.05, 3.63) is 0 Å². The van der Waals surface area contributed by atoms with Gasteiger partial charge in [-0.05, 0) is 49.9 Å². The molecule has 0 aromatic heterocycles. The monoisotopic (exact) mass is 178 g/mol. The summed E-state index contributed by atoms with van der Waals surface area (Å²) in [5.41, 5.74) is 0.523. The molecule has 3 unspecified atom stereocenters. The average molecular weight is 178 g/mol. The van der Waals surface area contributed by atoms with Crippen molar-refractivity contribution in [1.29, 1.82) is 0 Å². The Morgan fingerprint density at radius 1 is 1.08 bits per heavy atom. The first-order chi connectivity index (χ1) is 6.33. The largest absolute Gasteiger partial charge is 0.299 e. The Bertz CT molecular complexity index is 246. The highest BCUT2D eigenvalue weighted by Crippen LogP contribution is 2.62. The highest BCUT2D eigenvalue weighted by atomic mass is 16.1. The lowest BCUT2D eigenvalue weighted by Gasteiger charge is -2.38. The molecular weight excluding hydrogens is 160 g/mol. The maximum atomic E-state index is 11.8. The van der Waals surface area contributed by atoms with Crippen LogP contribution in [0.1, 0.15) is 51.4 Å². The van der Waals surface area contributed by atoms with Crippen molar-refractivity contribution in [2.24, 2.45) is 17.3 Å². The first-order valence-electron chi connectivity index (χ1n) is 5.86. The van der Waals surface area contributed by atoms with Gasteiger partial charge in [-0.15, -0.1) is 0 Å². The van der Waals surface area contributed by atoms with Gasteiger partial charge in [0.25, 0.3) is 0 Å². The zero-order valence-corrected chi connectivity index (χ0v) is 8.22. The van der Waals surface area contributed by atoms with Gasteiger partial charge in [-0.25, -0.2) is 0 Å². The van der Waals surface area contributed by atoms with Crippen LogP contribution in [0.2, 0.25) is 0 Å². The van der Waals surface area contributed by atoms with Crippen LogP contribution in [0.5, 0.6) is 0 Å². The van der Waals surface area contributed by atoms with Gasteiger partial charge in [-0.3, -0.25) is 4.79 Å². The molecule has 72 valence electrons. The second-order valence-corrected chi connectivity index (χ2v) is 5.27. The van der Waals surface area contributed by atoms with Crippen molar-refractivity contribution in [3.63, 3.8) is 0 Å². The van der Waals surface area contributed by atoms with Gasteiger partial charge in [-0.2, -0.15) is 0 Å². The minimum atomic E-state index is 0.494. The summed E-state index contributed by atoms with van der Waals surface area (Å²) in [5, 5.41) is 0. The standard InChI is InChI=1S/C12H18O/c13-11-4-2-8-12-7-1-3-9(12)5-6-10(11)12/h9-10H,1-8H2. The Labute approximate surface area is 79.9 Å². The Hall–Kier alpha value is -0.330. The van der Waals surface area contributed by atoms with Crippen LogP contribution in [0.3, 0.4) is 0 Å². The predicted molar refractivity (Wildman–Crippen MR) is 51.4 cm³/mol. The van der Waals surface area contributed by atoms with Crippen LogP contribution < -0.4 is 0 Å². The summed E-state index contributed by atoms with van der Waals surface area (Å²) in [6, 6.07) is 0. The van der Waals surface area contributed by atoms with E-state index in [1.165, 1.54) is 44.9 Å². The molecule has 0 aliphatic heterocycles. The lowest BCUT2D eigenvalue weighted by Crippen LogP contribution is -2.36. The zero-order valence-electron chi connectivity index (χ0n) is 8.22. The summed E-state index contributed by atoms with van der Waals surface area (Å²) in [6.45, 7) is 0. The Morgan fingerprint density at radius 3 is 2.85 bits per heavy atom. The van der Waals surface area contributed by atoms with Crippen LogP contribution in [0.25, 0.3) is 0 Å². The zero-order chi connectivity index (χ0) is 8.89. The molecule has 13 heavy (non-hydrogen) atoms. The van der Waals surface area contributed by atoms with E-state index >= 15 is 0 Å². The second-order valence-electron chi connectivity index (χ2n) is 5.27. The van der Waals surface area contributed by atoms with E-state index in [9.17, 15) is 4.79 Å². The Morgan fingerprint density at radius 2 is 1.92 bits per heavy atom.